The second-order valence-corrected chi connectivity index (χ2v) is 6.61. The third-order valence-corrected chi connectivity index (χ3v) is 5.47. The normalized spacial score (nSPS) is 21.4. The second-order valence-electron chi connectivity index (χ2n) is 6.29. The van der Waals surface area contributed by atoms with Crippen LogP contribution in [0.25, 0.3) is 0 Å². The van der Waals surface area contributed by atoms with Crippen molar-refractivity contribution in [1.29, 1.82) is 0 Å². The molecule has 1 aromatic carbocycles. The monoisotopic (exact) mass is 305 g/mol. The summed E-state index contributed by atoms with van der Waals surface area (Å²) in [6.45, 7) is 2.06. The number of carbonyl (C=O) groups excluding carboxylic acids is 1. The van der Waals surface area contributed by atoms with Crippen molar-refractivity contribution in [1.82, 2.24) is 4.90 Å². The van der Waals surface area contributed by atoms with Crippen molar-refractivity contribution < 1.29 is 9.53 Å². The zero-order chi connectivity index (χ0) is 14.7. The zero-order valence-electron chi connectivity index (χ0n) is 12.4. The maximum atomic E-state index is 12.8. The molecule has 3 nitrogen and oxygen atoms in total. The highest BCUT2D eigenvalue weighted by molar-refractivity contribution is 7.80. The van der Waals surface area contributed by atoms with Gasteiger partial charge >= 0.3 is 0 Å². The Labute approximate surface area is 132 Å². The molecule has 0 N–H and O–H groups in total. The van der Waals surface area contributed by atoms with E-state index in [1.54, 1.807) is 0 Å². The molecule has 1 amide bonds. The number of ether oxygens (including phenoxy) is 1. The topological polar surface area (TPSA) is 29.5 Å². The van der Waals surface area contributed by atoms with Gasteiger partial charge in [0.25, 0.3) is 5.91 Å². The summed E-state index contributed by atoms with van der Waals surface area (Å²) in [6.07, 6.45) is 6.20. The molecule has 1 aliphatic heterocycles. The molecule has 0 aromatic heterocycles. The zero-order valence-corrected chi connectivity index (χ0v) is 13.3. The fourth-order valence-electron chi connectivity index (χ4n) is 3.53. The van der Waals surface area contributed by atoms with Crippen molar-refractivity contribution >= 4 is 18.5 Å². The minimum atomic E-state index is 0.106. The van der Waals surface area contributed by atoms with Crippen LogP contribution in [0.1, 0.15) is 42.5 Å². The van der Waals surface area contributed by atoms with E-state index >= 15 is 0 Å². The first-order valence-corrected chi connectivity index (χ1v) is 8.49. The fraction of sp³-hybridized carbons (Fsp3) is 0.588. The van der Waals surface area contributed by atoms with Crippen molar-refractivity contribution in [2.45, 2.75) is 32.1 Å². The summed E-state index contributed by atoms with van der Waals surface area (Å²) in [7, 11) is 0. The molecule has 0 saturated heterocycles. The van der Waals surface area contributed by atoms with Crippen LogP contribution in [0.4, 0.5) is 0 Å². The van der Waals surface area contributed by atoms with Gasteiger partial charge in [0, 0.05) is 6.54 Å². The summed E-state index contributed by atoms with van der Waals surface area (Å²) in [4.78, 5) is 14.8. The molecule has 3 rings (SSSR count). The van der Waals surface area contributed by atoms with Gasteiger partial charge in [-0.1, -0.05) is 31.4 Å². The summed E-state index contributed by atoms with van der Waals surface area (Å²) >= 11 is 4.59. The van der Waals surface area contributed by atoms with Crippen LogP contribution in [0.3, 0.4) is 0 Å². The summed E-state index contributed by atoms with van der Waals surface area (Å²) in [5.74, 6) is 1.68. The van der Waals surface area contributed by atoms with Gasteiger partial charge in [-0.05, 0) is 36.1 Å². The molecule has 0 unspecified atom stereocenters. The van der Waals surface area contributed by atoms with Gasteiger partial charge in [0.05, 0.1) is 12.1 Å². The van der Waals surface area contributed by atoms with E-state index in [9.17, 15) is 4.79 Å². The number of benzene rings is 1. The van der Waals surface area contributed by atoms with E-state index in [2.05, 4.69) is 12.6 Å². The molecule has 1 saturated carbocycles. The Bertz CT molecular complexity index is 511. The van der Waals surface area contributed by atoms with E-state index in [1.165, 1.54) is 32.1 Å². The summed E-state index contributed by atoms with van der Waals surface area (Å²) in [6, 6.07) is 7.56. The number of nitrogens with zero attached hydrogens (tertiary/aromatic N) is 1. The van der Waals surface area contributed by atoms with Gasteiger partial charge in [0.15, 0.2) is 0 Å². The Balaban J connectivity index is 1.80. The third kappa shape index (κ3) is 3.05. The maximum Gasteiger partial charge on any atom is 0.257 e. The SMILES string of the molecule is O=C1c2ccccc2OCCN1CC1(CS)CCCCC1. The van der Waals surface area contributed by atoms with Crippen molar-refractivity contribution in [2.24, 2.45) is 5.41 Å². The number of hydrogen-bond donors (Lipinski definition) is 1. The molecule has 0 radical (unpaired) electrons. The Morgan fingerprint density at radius 3 is 2.71 bits per heavy atom. The van der Waals surface area contributed by atoms with Crippen LogP contribution in [-0.2, 0) is 0 Å². The molecule has 1 fully saturated rings. The van der Waals surface area contributed by atoms with Crippen LogP contribution in [0.2, 0.25) is 0 Å². The average molecular weight is 305 g/mol. The van der Waals surface area contributed by atoms with Gasteiger partial charge in [0.2, 0.25) is 0 Å². The molecule has 0 spiro atoms. The Kier molecular flexibility index (Phi) is 4.43. The summed E-state index contributed by atoms with van der Waals surface area (Å²) in [5, 5.41) is 0. The minimum absolute atomic E-state index is 0.106. The van der Waals surface area contributed by atoms with Gasteiger partial charge in [0.1, 0.15) is 12.4 Å². The number of para-hydroxylation sites is 1. The van der Waals surface area contributed by atoms with Crippen molar-refractivity contribution in [3.8, 4) is 5.75 Å². The number of rotatable bonds is 3. The predicted molar refractivity (Wildman–Crippen MR) is 87.2 cm³/mol. The molecule has 21 heavy (non-hydrogen) atoms. The number of amides is 1. The highest BCUT2D eigenvalue weighted by Crippen LogP contribution is 2.38. The van der Waals surface area contributed by atoms with Crippen LogP contribution in [0.5, 0.6) is 5.75 Å². The number of carbonyl (C=O) groups is 1. The van der Waals surface area contributed by atoms with Crippen molar-refractivity contribution in [3.63, 3.8) is 0 Å². The predicted octanol–water partition coefficient (Wildman–Crippen LogP) is 3.40. The van der Waals surface area contributed by atoms with Crippen molar-refractivity contribution in [2.75, 3.05) is 25.4 Å². The van der Waals surface area contributed by atoms with E-state index in [1.807, 2.05) is 29.2 Å². The fourth-order valence-corrected chi connectivity index (χ4v) is 3.95. The number of hydrogen-bond acceptors (Lipinski definition) is 3. The highest BCUT2D eigenvalue weighted by Gasteiger charge is 2.35. The lowest BCUT2D eigenvalue weighted by Gasteiger charge is -2.39. The van der Waals surface area contributed by atoms with E-state index < -0.39 is 0 Å². The molecule has 114 valence electrons. The molecule has 2 aliphatic rings. The quantitative estimate of drug-likeness (QED) is 0.867. The maximum absolute atomic E-state index is 12.8. The van der Waals surface area contributed by atoms with E-state index in [0.717, 1.165) is 12.3 Å². The Hall–Kier alpha value is -1.16. The van der Waals surface area contributed by atoms with Crippen LogP contribution < -0.4 is 4.74 Å². The molecule has 0 bridgehead atoms. The van der Waals surface area contributed by atoms with Gasteiger partial charge in [-0.2, -0.15) is 12.6 Å². The van der Waals surface area contributed by atoms with Crippen LogP contribution >= 0.6 is 12.6 Å². The Morgan fingerprint density at radius 2 is 1.95 bits per heavy atom. The van der Waals surface area contributed by atoms with E-state index in [0.29, 0.717) is 24.5 Å². The lowest BCUT2D eigenvalue weighted by Crippen LogP contribution is -2.44. The van der Waals surface area contributed by atoms with Crippen LogP contribution in [0, 0.1) is 5.41 Å². The summed E-state index contributed by atoms with van der Waals surface area (Å²) in [5.41, 5.74) is 0.885. The smallest absolute Gasteiger partial charge is 0.257 e. The van der Waals surface area contributed by atoms with Crippen molar-refractivity contribution in [3.05, 3.63) is 29.8 Å². The second kappa shape index (κ2) is 6.30. The molecule has 1 aliphatic carbocycles. The largest absolute Gasteiger partial charge is 0.491 e. The third-order valence-electron chi connectivity index (χ3n) is 4.80. The van der Waals surface area contributed by atoms with Crippen LogP contribution in [0.15, 0.2) is 24.3 Å². The standard InChI is InChI=1S/C17H23NO2S/c19-16-14-6-2-3-7-15(14)20-11-10-18(16)12-17(13-21)8-4-1-5-9-17/h2-3,6-7,21H,1,4-5,8-13H2. The van der Waals surface area contributed by atoms with Gasteiger partial charge in [-0.15, -0.1) is 0 Å². The first-order valence-electron chi connectivity index (χ1n) is 7.86. The molecule has 1 aromatic rings. The van der Waals surface area contributed by atoms with Gasteiger partial charge < -0.3 is 9.64 Å². The Morgan fingerprint density at radius 1 is 1.19 bits per heavy atom. The van der Waals surface area contributed by atoms with Crippen LogP contribution in [-0.4, -0.2) is 36.3 Å². The molecular weight excluding hydrogens is 282 g/mol. The first kappa shape index (κ1) is 14.8. The average Bonchev–Trinajstić information content (AvgIpc) is 2.69. The lowest BCUT2D eigenvalue weighted by molar-refractivity contribution is 0.0623. The van der Waals surface area contributed by atoms with Gasteiger partial charge in [-0.25, -0.2) is 0 Å². The molecule has 0 atom stereocenters. The minimum Gasteiger partial charge on any atom is -0.491 e. The van der Waals surface area contributed by atoms with Gasteiger partial charge in [-0.3, -0.25) is 4.79 Å². The number of fused-ring (bicyclic) bond motifs is 1. The number of thiol groups is 1. The van der Waals surface area contributed by atoms with E-state index in [-0.39, 0.29) is 11.3 Å². The summed E-state index contributed by atoms with van der Waals surface area (Å²) < 4.78 is 5.72. The first-order chi connectivity index (χ1) is 10.2. The molecule has 4 heteroatoms. The lowest BCUT2D eigenvalue weighted by atomic mass is 9.75. The van der Waals surface area contributed by atoms with E-state index in [4.69, 9.17) is 4.74 Å². The highest BCUT2D eigenvalue weighted by atomic mass is 32.1. The molecule has 1 heterocycles. The molecular formula is C17H23NO2S.